The molecule has 1 N–H and O–H groups in total. The SMILES string of the molecule is CN(Cc1cc(=O)c(O)co1)C1CCCCCCC1. The Bertz CT molecular complexity index is 447. The van der Waals surface area contributed by atoms with E-state index in [0.717, 1.165) is 6.26 Å². The molecule has 0 amide bonds. The Morgan fingerprint density at radius 3 is 2.53 bits per heavy atom. The monoisotopic (exact) mass is 265 g/mol. The van der Waals surface area contributed by atoms with E-state index in [1.54, 1.807) is 0 Å². The Morgan fingerprint density at radius 1 is 1.26 bits per heavy atom. The third-order valence-corrected chi connectivity index (χ3v) is 3.97. The molecule has 0 aliphatic heterocycles. The number of rotatable bonds is 3. The van der Waals surface area contributed by atoms with Crippen LogP contribution in [0.3, 0.4) is 0 Å². The molecule has 0 atom stereocenters. The fourth-order valence-electron chi connectivity index (χ4n) is 2.78. The molecule has 0 unspecified atom stereocenters. The third-order valence-electron chi connectivity index (χ3n) is 3.97. The summed E-state index contributed by atoms with van der Waals surface area (Å²) in [4.78, 5) is 13.6. The zero-order valence-electron chi connectivity index (χ0n) is 11.6. The van der Waals surface area contributed by atoms with Gasteiger partial charge in [-0.15, -0.1) is 0 Å². The first-order chi connectivity index (χ1) is 9.16. The van der Waals surface area contributed by atoms with E-state index in [1.807, 2.05) is 0 Å². The van der Waals surface area contributed by atoms with Crippen molar-refractivity contribution in [2.24, 2.45) is 0 Å². The topological polar surface area (TPSA) is 53.7 Å². The predicted octanol–water partition coefficient (Wildman–Crippen LogP) is 2.89. The van der Waals surface area contributed by atoms with Crippen LogP contribution in [0.5, 0.6) is 5.75 Å². The summed E-state index contributed by atoms with van der Waals surface area (Å²) in [5, 5.41) is 9.18. The van der Waals surface area contributed by atoms with Crippen LogP contribution in [0, 0.1) is 0 Å². The molecule has 4 nitrogen and oxygen atoms in total. The molecule has 106 valence electrons. The molecular weight excluding hydrogens is 242 g/mol. The van der Waals surface area contributed by atoms with Gasteiger partial charge in [-0.25, -0.2) is 0 Å². The predicted molar refractivity (Wildman–Crippen MR) is 74.2 cm³/mol. The molecular formula is C15H23NO3. The van der Waals surface area contributed by atoms with Crippen LogP contribution in [0.15, 0.2) is 21.5 Å². The van der Waals surface area contributed by atoms with Gasteiger partial charge in [0.05, 0.1) is 6.54 Å². The molecule has 1 aliphatic rings. The summed E-state index contributed by atoms with van der Waals surface area (Å²) in [6, 6.07) is 1.95. The molecule has 1 fully saturated rings. The van der Waals surface area contributed by atoms with Crippen molar-refractivity contribution in [1.29, 1.82) is 0 Å². The van der Waals surface area contributed by atoms with E-state index in [0.29, 0.717) is 18.3 Å². The van der Waals surface area contributed by atoms with Crippen LogP contribution in [-0.2, 0) is 6.54 Å². The van der Waals surface area contributed by atoms with Gasteiger partial charge in [0.1, 0.15) is 12.0 Å². The van der Waals surface area contributed by atoms with Crippen molar-refractivity contribution in [3.05, 3.63) is 28.3 Å². The largest absolute Gasteiger partial charge is 0.502 e. The van der Waals surface area contributed by atoms with Gasteiger partial charge in [0, 0.05) is 12.1 Å². The molecule has 1 aromatic heterocycles. The van der Waals surface area contributed by atoms with Crippen LogP contribution >= 0.6 is 0 Å². The normalized spacial score (nSPS) is 18.2. The average Bonchev–Trinajstić information content (AvgIpc) is 2.33. The van der Waals surface area contributed by atoms with Crippen LogP contribution in [-0.4, -0.2) is 23.1 Å². The molecule has 0 bridgehead atoms. The first-order valence-corrected chi connectivity index (χ1v) is 7.18. The third kappa shape index (κ3) is 4.10. The molecule has 0 aromatic carbocycles. The average molecular weight is 265 g/mol. The minimum Gasteiger partial charge on any atom is -0.502 e. The van der Waals surface area contributed by atoms with E-state index in [2.05, 4.69) is 11.9 Å². The highest BCUT2D eigenvalue weighted by Gasteiger charge is 2.17. The summed E-state index contributed by atoms with van der Waals surface area (Å²) in [5.41, 5.74) is -0.368. The Balaban J connectivity index is 1.96. The van der Waals surface area contributed by atoms with Gasteiger partial charge in [-0.3, -0.25) is 9.69 Å². The van der Waals surface area contributed by atoms with Crippen LogP contribution < -0.4 is 5.43 Å². The van der Waals surface area contributed by atoms with E-state index in [-0.39, 0.29) is 11.2 Å². The van der Waals surface area contributed by atoms with Gasteiger partial charge in [-0.2, -0.15) is 0 Å². The lowest BCUT2D eigenvalue weighted by Gasteiger charge is -2.29. The second-order valence-electron chi connectivity index (χ2n) is 5.51. The second-order valence-corrected chi connectivity index (χ2v) is 5.51. The molecule has 19 heavy (non-hydrogen) atoms. The van der Waals surface area contributed by atoms with Crippen LogP contribution in [0.2, 0.25) is 0 Å². The van der Waals surface area contributed by atoms with Crippen molar-refractivity contribution in [3.8, 4) is 5.75 Å². The highest BCUT2D eigenvalue weighted by Crippen LogP contribution is 2.21. The summed E-state index contributed by atoms with van der Waals surface area (Å²) in [7, 11) is 2.08. The summed E-state index contributed by atoms with van der Waals surface area (Å²) < 4.78 is 5.26. The lowest BCUT2D eigenvalue weighted by Crippen LogP contribution is -2.32. The minimum absolute atomic E-state index is 0.322. The van der Waals surface area contributed by atoms with E-state index in [1.165, 1.54) is 51.0 Å². The van der Waals surface area contributed by atoms with Crippen LogP contribution in [0.4, 0.5) is 0 Å². The maximum atomic E-state index is 11.4. The van der Waals surface area contributed by atoms with E-state index >= 15 is 0 Å². The van der Waals surface area contributed by atoms with E-state index < -0.39 is 0 Å². The maximum Gasteiger partial charge on any atom is 0.226 e. The fraction of sp³-hybridized carbons (Fsp3) is 0.667. The van der Waals surface area contributed by atoms with Crippen molar-refractivity contribution < 1.29 is 9.52 Å². The Morgan fingerprint density at radius 2 is 1.89 bits per heavy atom. The van der Waals surface area contributed by atoms with E-state index in [9.17, 15) is 9.90 Å². The molecule has 0 spiro atoms. The van der Waals surface area contributed by atoms with Crippen molar-refractivity contribution in [3.63, 3.8) is 0 Å². The second kappa shape index (κ2) is 6.75. The minimum atomic E-state index is -0.368. The number of hydrogen-bond acceptors (Lipinski definition) is 4. The summed E-state index contributed by atoms with van der Waals surface area (Å²) in [5.74, 6) is 0.296. The first kappa shape index (κ1) is 14.1. The molecule has 2 rings (SSSR count). The van der Waals surface area contributed by atoms with Crippen molar-refractivity contribution >= 4 is 0 Å². The summed E-state index contributed by atoms with van der Waals surface area (Å²) in [6.07, 6.45) is 10.2. The highest BCUT2D eigenvalue weighted by atomic mass is 16.4. The summed E-state index contributed by atoms with van der Waals surface area (Å²) in [6.45, 7) is 0.625. The zero-order chi connectivity index (χ0) is 13.7. The van der Waals surface area contributed by atoms with Crippen LogP contribution in [0.1, 0.15) is 50.7 Å². The number of nitrogens with zero attached hydrogens (tertiary/aromatic N) is 1. The Kier molecular flexibility index (Phi) is 5.02. The van der Waals surface area contributed by atoms with Gasteiger partial charge in [0.15, 0.2) is 5.75 Å². The number of aromatic hydroxyl groups is 1. The molecule has 4 heteroatoms. The quantitative estimate of drug-likeness (QED) is 0.913. The lowest BCUT2D eigenvalue weighted by atomic mass is 9.96. The fourth-order valence-corrected chi connectivity index (χ4v) is 2.78. The highest BCUT2D eigenvalue weighted by molar-refractivity contribution is 5.15. The zero-order valence-corrected chi connectivity index (χ0v) is 11.6. The van der Waals surface area contributed by atoms with Gasteiger partial charge < -0.3 is 9.52 Å². The van der Waals surface area contributed by atoms with Crippen molar-refractivity contribution in [2.75, 3.05) is 7.05 Å². The van der Waals surface area contributed by atoms with Crippen LogP contribution in [0.25, 0.3) is 0 Å². The van der Waals surface area contributed by atoms with Gasteiger partial charge in [-0.1, -0.05) is 32.1 Å². The Hall–Kier alpha value is -1.29. The van der Waals surface area contributed by atoms with Gasteiger partial charge >= 0.3 is 0 Å². The maximum absolute atomic E-state index is 11.4. The van der Waals surface area contributed by atoms with Crippen molar-refractivity contribution in [2.45, 2.75) is 57.5 Å². The first-order valence-electron chi connectivity index (χ1n) is 7.18. The summed E-state index contributed by atoms with van der Waals surface area (Å²) >= 11 is 0. The molecule has 1 aliphatic carbocycles. The molecule has 1 saturated carbocycles. The van der Waals surface area contributed by atoms with Crippen molar-refractivity contribution in [1.82, 2.24) is 4.90 Å². The Labute approximate surface area is 114 Å². The standard InChI is InChI=1S/C15H23NO3/c1-16(12-7-5-3-2-4-6-8-12)10-13-9-14(17)15(18)11-19-13/h9,11-12,18H,2-8,10H2,1H3. The lowest BCUT2D eigenvalue weighted by molar-refractivity contribution is 0.181. The molecule has 0 radical (unpaired) electrons. The van der Waals surface area contributed by atoms with E-state index in [4.69, 9.17) is 4.42 Å². The smallest absolute Gasteiger partial charge is 0.226 e. The molecule has 0 saturated heterocycles. The number of hydrogen-bond donors (Lipinski definition) is 1. The molecule has 1 aromatic rings. The van der Waals surface area contributed by atoms with Gasteiger partial charge in [0.2, 0.25) is 5.43 Å². The van der Waals surface area contributed by atoms with Gasteiger partial charge in [0.25, 0.3) is 0 Å². The molecule has 1 heterocycles. The van der Waals surface area contributed by atoms with Gasteiger partial charge in [-0.05, 0) is 19.9 Å².